The maximum atomic E-state index is 10.4. The maximum absolute atomic E-state index is 10.4. The average molecular weight is 274 g/mol. The first-order valence-corrected chi connectivity index (χ1v) is 7.17. The first-order valence-electron chi connectivity index (χ1n) is 7.17. The third-order valence-corrected chi connectivity index (χ3v) is 3.88. The monoisotopic (exact) mass is 274 g/mol. The van der Waals surface area contributed by atoms with Gasteiger partial charge in [0.05, 0.1) is 30.4 Å². The quantitative estimate of drug-likeness (QED) is 0.913. The van der Waals surface area contributed by atoms with Gasteiger partial charge >= 0.3 is 0 Å². The fourth-order valence-electron chi connectivity index (χ4n) is 2.62. The molecule has 0 saturated carbocycles. The van der Waals surface area contributed by atoms with Crippen LogP contribution in [0.15, 0.2) is 24.3 Å². The molecule has 4 heteroatoms. The summed E-state index contributed by atoms with van der Waals surface area (Å²) in [4.78, 5) is 2.30. The van der Waals surface area contributed by atoms with E-state index < -0.39 is 6.10 Å². The molecule has 0 amide bonds. The van der Waals surface area contributed by atoms with Gasteiger partial charge in [-0.25, -0.2) is 0 Å². The van der Waals surface area contributed by atoms with E-state index in [-0.39, 0.29) is 6.10 Å². The summed E-state index contributed by atoms with van der Waals surface area (Å²) in [7, 11) is 0. The molecule has 0 spiro atoms. The lowest BCUT2D eigenvalue weighted by molar-refractivity contribution is -0.0681. The Hall–Kier alpha value is -1.41. The van der Waals surface area contributed by atoms with Crippen molar-refractivity contribution >= 4 is 0 Å². The Bertz CT molecular complexity index is 466. The molecule has 4 nitrogen and oxygen atoms in total. The second-order valence-corrected chi connectivity index (χ2v) is 5.41. The van der Waals surface area contributed by atoms with Crippen LogP contribution in [0.1, 0.15) is 37.5 Å². The fraction of sp³-hybridized carbons (Fsp3) is 0.562. The van der Waals surface area contributed by atoms with Gasteiger partial charge in [0.1, 0.15) is 0 Å². The second kappa shape index (κ2) is 6.85. The number of aliphatic hydroxyl groups excluding tert-OH is 1. The number of hydrogen-bond acceptors (Lipinski definition) is 4. The third kappa shape index (κ3) is 3.57. The number of rotatable bonds is 4. The van der Waals surface area contributed by atoms with Crippen molar-refractivity contribution in [2.75, 3.05) is 19.7 Å². The predicted molar refractivity (Wildman–Crippen MR) is 77.2 cm³/mol. The van der Waals surface area contributed by atoms with Gasteiger partial charge in [0.25, 0.3) is 0 Å². The zero-order valence-electron chi connectivity index (χ0n) is 12.1. The van der Waals surface area contributed by atoms with Gasteiger partial charge in [-0.3, -0.25) is 4.90 Å². The van der Waals surface area contributed by atoms with Gasteiger partial charge in [-0.05, 0) is 31.0 Å². The highest BCUT2D eigenvalue weighted by Crippen LogP contribution is 2.20. The number of morpholine rings is 1. The lowest BCUT2D eigenvalue weighted by Crippen LogP contribution is -2.49. The van der Waals surface area contributed by atoms with Crippen molar-refractivity contribution in [3.8, 4) is 6.07 Å². The van der Waals surface area contributed by atoms with Crippen molar-refractivity contribution in [1.29, 1.82) is 5.26 Å². The van der Waals surface area contributed by atoms with Crippen LogP contribution in [0.25, 0.3) is 0 Å². The van der Waals surface area contributed by atoms with E-state index in [1.165, 1.54) is 0 Å². The number of β-amino-alcohol motifs (C(OH)–C–C–N with tert-alkyl or cyclic N) is 1. The van der Waals surface area contributed by atoms with Crippen LogP contribution in [0.4, 0.5) is 0 Å². The molecule has 20 heavy (non-hydrogen) atoms. The Labute approximate surface area is 120 Å². The Balaban J connectivity index is 2.01. The Morgan fingerprint density at radius 1 is 1.45 bits per heavy atom. The van der Waals surface area contributed by atoms with Crippen LogP contribution in [0.5, 0.6) is 0 Å². The molecule has 0 aromatic heterocycles. The fourth-order valence-corrected chi connectivity index (χ4v) is 2.62. The highest BCUT2D eigenvalue weighted by Gasteiger charge is 2.27. The van der Waals surface area contributed by atoms with Gasteiger partial charge < -0.3 is 9.84 Å². The van der Waals surface area contributed by atoms with Gasteiger partial charge in [0.2, 0.25) is 0 Å². The van der Waals surface area contributed by atoms with E-state index in [1.54, 1.807) is 12.1 Å². The zero-order chi connectivity index (χ0) is 14.5. The molecule has 3 unspecified atom stereocenters. The number of benzene rings is 1. The topological polar surface area (TPSA) is 56.5 Å². The van der Waals surface area contributed by atoms with Gasteiger partial charge in [-0.2, -0.15) is 5.26 Å². The Morgan fingerprint density at radius 3 is 2.75 bits per heavy atom. The molecule has 1 heterocycles. The molecule has 1 aliphatic heterocycles. The summed E-state index contributed by atoms with van der Waals surface area (Å²) in [5, 5.41) is 19.2. The number of hydrogen-bond donors (Lipinski definition) is 1. The highest BCUT2D eigenvalue weighted by atomic mass is 16.5. The number of aliphatic hydroxyl groups is 1. The SMILES string of the molecule is CCC1COC(C)CN1CC(O)c1ccc(C#N)cc1. The first-order chi connectivity index (χ1) is 9.63. The van der Waals surface area contributed by atoms with E-state index in [1.807, 2.05) is 12.1 Å². The molecule has 1 fully saturated rings. The predicted octanol–water partition coefficient (Wildman–Crippen LogP) is 2.09. The highest BCUT2D eigenvalue weighted by molar-refractivity contribution is 5.32. The van der Waals surface area contributed by atoms with Crippen LogP contribution >= 0.6 is 0 Å². The van der Waals surface area contributed by atoms with E-state index >= 15 is 0 Å². The van der Waals surface area contributed by atoms with Gasteiger partial charge in [-0.1, -0.05) is 19.1 Å². The molecule has 108 valence electrons. The van der Waals surface area contributed by atoms with Gasteiger partial charge in [-0.15, -0.1) is 0 Å². The van der Waals surface area contributed by atoms with Crippen LogP contribution < -0.4 is 0 Å². The van der Waals surface area contributed by atoms with Crippen molar-refractivity contribution in [1.82, 2.24) is 4.90 Å². The minimum atomic E-state index is -0.526. The van der Waals surface area contributed by atoms with Crippen LogP contribution in [0.3, 0.4) is 0 Å². The van der Waals surface area contributed by atoms with Crippen LogP contribution in [-0.4, -0.2) is 41.8 Å². The van der Waals surface area contributed by atoms with Crippen molar-refractivity contribution in [2.24, 2.45) is 0 Å². The summed E-state index contributed by atoms with van der Waals surface area (Å²) in [6, 6.07) is 9.61. The van der Waals surface area contributed by atoms with Crippen molar-refractivity contribution in [3.63, 3.8) is 0 Å². The summed E-state index contributed by atoms with van der Waals surface area (Å²) in [6.07, 6.45) is 0.709. The number of nitrogens with zero attached hydrogens (tertiary/aromatic N) is 2. The molecule has 1 aliphatic rings. The minimum absolute atomic E-state index is 0.214. The second-order valence-electron chi connectivity index (χ2n) is 5.41. The molecule has 0 aliphatic carbocycles. The molecule has 0 radical (unpaired) electrons. The van der Waals surface area contributed by atoms with Gasteiger partial charge in [0.15, 0.2) is 0 Å². The number of ether oxygens (including phenoxy) is 1. The number of nitriles is 1. The maximum Gasteiger partial charge on any atom is 0.0991 e. The third-order valence-electron chi connectivity index (χ3n) is 3.88. The van der Waals surface area contributed by atoms with Gasteiger partial charge in [0, 0.05) is 19.1 Å². The molecule has 1 aromatic carbocycles. The summed E-state index contributed by atoms with van der Waals surface area (Å²) in [5.74, 6) is 0. The summed E-state index contributed by atoms with van der Waals surface area (Å²) in [5.41, 5.74) is 1.48. The lowest BCUT2D eigenvalue weighted by atomic mass is 10.0. The molecule has 3 atom stereocenters. The molecule has 2 rings (SSSR count). The Morgan fingerprint density at radius 2 is 2.15 bits per heavy atom. The van der Waals surface area contributed by atoms with Crippen LogP contribution in [0.2, 0.25) is 0 Å². The van der Waals surface area contributed by atoms with E-state index in [4.69, 9.17) is 10.00 Å². The van der Waals surface area contributed by atoms with Crippen LogP contribution in [-0.2, 0) is 4.74 Å². The molecule has 1 saturated heterocycles. The van der Waals surface area contributed by atoms with Crippen LogP contribution in [0, 0.1) is 11.3 Å². The van der Waals surface area contributed by atoms with Crippen molar-refractivity contribution < 1.29 is 9.84 Å². The van der Waals surface area contributed by atoms with E-state index in [0.717, 1.165) is 25.1 Å². The standard InChI is InChI=1S/C16H22N2O2/c1-3-15-11-20-12(2)9-18(15)10-16(19)14-6-4-13(8-17)5-7-14/h4-7,12,15-16,19H,3,9-11H2,1-2H3. The largest absolute Gasteiger partial charge is 0.387 e. The van der Waals surface area contributed by atoms with E-state index in [9.17, 15) is 5.11 Å². The summed E-state index contributed by atoms with van der Waals surface area (Å²) < 4.78 is 5.67. The lowest BCUT2D eigenvalue weighted by Gasteiger charge is -2.39. The average Bonchev–Trinajstić information content (AvgIpc) is 2.47. The Kier molecular flexibility index (Phi) is 5.13. The summed E-state index contributed by atoms with van der Waals surface area (Å²) in [6.45, 7) is 6.40. The zero-order valence-corrected chi connectivity index (χ0v) is 12.1. The molecule has 1 N–H and O–H groups in total. The molecule has 1 aromatic rings. The van der Waals surface area contributed by atoms with E-state index in [0.29, 0.717) is 18.2 Å². The van der Waals surface area contributed by atoms with E-state index in [2.05, 4.69) is 24.8 Å². The smallest absolute Gasteiger partial charge is 0.0991 e. The first kappa shape index (κ1) is 15.0. The normalized spacial score (nSPS) is 25.1. The molecular weight excluding hydrogens is 252 g/mol. The minimum Gasteiger partial charge on any atom is -0.387 e. The van der Waals surface area contributed by atoms with Crippen molar-refractivity contribution in [3.05, 3.63) is 35.4 Å². The molecule has 0 bridgehead atoms. The van der Waals surface area contributed by atoms with Crippen molar-refractivity contribution in [2.45, 2.75) is 38.5 Å². The summed E-state index contributed by atoms with van der Waals surface area (Å²) >= 11 is 0. The molecular formula is C16H22N2O2.